The van der Waals surface area contributed by atoms with Crippen LogP contribution in [0.3, 0.4) is 0 Å². The van der Waals surface area contributed by atoms with Crippen molar-refractivity contribution in [2.24, 2.45) is 0 Å². The van der Waals surface area contributed by atoms with Crippen LogP contribution in [0.5, 0.6) is 0 Å². The molecule has 1 aromatic carbocycles. The molecule has 1 heterocycles. The number of nitrogens with zero attached hydrogens (tertiary/aromatic N) is 1. The molecule has 0 unspecified atom stereocenters. The summed E-state index contributed by atoms with van der Waals surface area (Å²) in [5.41, 5.74) is 7.88. The van der Waals surface area contributed by atoms with Gasteiger partial charge >= 0.3 is 5.97 Å². The first-order valence-corrected chi connectivity index (χ1v) is 6.52. The second-order valence-electron chi connectivity index (χ2n) is 3.97. The number of carboxylic acid groups (broad SMARTS) is 1. The Morgan fingerprint density at radius 2 is 2.06 bits per heavy atom. The van der Waals surface area contributed by atoms with Crippen LogP contribution in [0.1, 0.15) is 28.7 Å². The van der Waals surface area contributed by atoms with Crippen molar-refractivity contribution in [2.75, 3.05) is 5.73 Å². The monoisotopic (exact) mass is 262 g/mol. The van der Waals surface area contributed by atoms with E-state index in [0.717, 1.165) is 17.0 Å². The van der Waals surface area contributed by atoms with Gasteiger partial charge in [-0.05, 0) is 30.7 Å². The normalized spacial score (nSPS) is 10.5. The molecule has 5 heteroatoms. The number of carbonyl (C=O) groups is 1. The summed E-state index contributed by atoms with van der Waals surface area (Å²) in [5, 5.41) is 9.88. The lowest BCUT2D eigenvalue weighted by molar-refractivity contribution is 0.0700. The Kier molecular flexibility index (Phi) is 3.62. The number of thiazole rings is 1. The Morgan fingerprint density at radius 3 is 2.61 bits per heavy atom. The Hall–Kier alpha value is -1.88. The summed E-state index contributed by atoms with van der Waals surface area (Å²) in [7, 11) is 0. The van der Waals surface area contributed by atoms with E-state index < -0.39 is 5.97 Å². The highest BCUT2D eigenvalue weighted by atomic mass is 32.1. The number of anilines is 1. The molecule has 0 aliphatic rings. The average molecular weight is 262 g/mol. The van der Waals surface area contributed by atoms with Crippen molar-refractivity contribution in [1.82, 2.24) is 4.98 Å². The first kappa shape index (κ1) is 12.6. The number of nitrogens with two attached hydrogens (primary N) is 1. The van der Waals surface area contributed by atoms with Gasteiger partial charge in [0.1, 0.15) is 9.88 Å². The Morgan fingerprint density at radius 1 is 1.39 bits per heavy atom. The van der Waals surface area contributed by atoms with E-state index in [2.05, 4.69) is 4.98 Å². The van der Waals surface area contributed by atoms with Crippen LogP contribution in [0, 0.1) is 0 Å². The lowest BCUT2D eigenvalue weighted by atomic mass is 10.2. The number of carboxylic acids is 1. The van der Waals surface area contributed by atoms with Crippen LogP contribution in [-0.2, 0) is 6.42 Å². The van der Waals surface area contributed by atoms with Gasteiger partial charge in [-0.25, -0.2) is 9.78 Å². The third kappa shape index (κ3) is 2.51. The van der Waals surface area contributed by atoms with E-state index in [1.165, 1.54) is 11.3 Å². The van der Waals surface area contributed by atoms with Gasteiger partial charge in [0.25, 0.3) is 0 Å². The zero-order valence-corrected chi connectivity index (χ0v) is 10.8. The van der Waals surface area contributed by atoms with Crippen LogP contribution in [0.15, 0.2) is 24.3 Å². The van der Waals surface area contributed by atoms with Crippen molar-refractivity contribution in [3.05, 3.63) is 34.8 Å². The number of benzene rings is 1. The van der Waals surface area contributed by atoms with Crippen LogP contribution >= 0.6 is 11.3 Å². The van der Waals surface area contributed by atoms with Crippen LogP contribution in [0.2, 0.25) is 0 Å². The summed E-state index contributed by atoms with van der Waals surface area (Å²) in [6.45, 7) is 2.01. The topological polar surface area (TPSA) is 76.2 Å². The smallest absolute Gasteiger partial charge is 0.347 e. The number of aromatic carboxylic acids is 1. The van der Waals surface area contributed by atoms with Crippen molar-refractivity contribution in [3.63, 3.8) is 0 Å². The second-order valence-corrected chi connectivity index (χ2v) is 4.97. The first-order chi connectivity index (χ1) is 8.61. The first-order valence-electron chi connectivity index (χ1n) is 5.70. The lowest BCUT2D eigenvalue weighted by Crippen LogP contribution is -1.98. The van der Waals surface area contributed by atoms with Crippen LogP contribution in [0.25, 0.3) is 10.6 Å². The van der Waals surface area contributed by atoms with Crippen LogP contribution in [-0.4, -0.2) is 16.1 Å². The summed E-state index contributed by atoms with van der Waals surface area (Å²) < 4.78 is 0. The summed E-state index contributed by atoms with van der Waals surface area (Å²) in [6.07, 6.45) is 1.57. The zero-order chi connectivity index (χ0) is 13.1. The van der Waals surface area contributed by atoms with E-state index in [9.17, 15) is 4.79 Å². The molecule has 0 aliphatic carbocycles. The third-order valence-electron chi connectivity index (χ3n) is 2.54. The number of nitrogen functional groups attached to an aromatic ring is 1. The SMILES string of the molecule is CCCc1nc(-c2ccc(N)cc2)sc1C(=O)O. The standard InChI is InChI=1S/C13H14N2O2S/c1-2-3-10-11(13(16)17)18-12(15-10)8-4-6-9(14)7-5-8/h4-7H,2-3,14H2,1H3,(H,16,17). The largest absolute Gasteiger partial charge is 0.477 e. The summed E-state index contributed by atoms with van der Waals surface area (Å²) in [5.74, 6) is -0.905. The van der Waals surface area contributed by atoms with Crippen molar-refractivity contribution in [2.45, 2.75) is 19.8 Å². The molecule has 0 atom stereocenters. The van der Waals surface area contributed by atoms with Crippen molar-refractivity contribution >= 4 is 23.0 Å². The number of aryl methyl sites for hydroxylation is 1. The van der Waals surface area contributed by atoms with E-state index in [1.807, 2.05) is 19.1 Å². The van der Waals surface area contributed by atoms with Gasteiger partial charge in [-0.1, -0.05) is 13.3 Å². The molecule has 0 saturated carbocycles. The number of hydrogen-bond acceptors (Lipinski definition) is 4. The lowest BCUT2D eigenvalue weighted by Gasteiger charge is -1.96. The highest BCUT2D eigenvalue weighted by Gasteiger charge is 2.17. The van der Waals surface area contributed by atoms with Gasteiger partial charge in [0.2, 0.25) is 0 Å². The molecule has 0 bridgehead atoms. The molecule has 94 valence electrons. The minimum absolute atomic E-state index is 0.337. The molecule has 2 rings (SSSR count). The molecule has 3 N–H and O–H groups in total. The molecular weight excluding hydrogens is 248 g/mol. The average Bonchev–Trinajstić information content (AvgIpc) is 2.75. The van der Waals surface area contributed by atoms with E-state index in [4.69, 9.17) is 10.8 Å². The minimum atomic E-state index is -0.905. The molecule has 0 spiro atoms. The van der Waals surface area contributed by atoms with Gasteiger partial charge in [-0.15, -0.1) is 11.3 Å². The van der Waals surface area contributed by atoms with E-state index >= 15 is 0 Å². The fourth-order valence-electron chi connectivity index (χ4n) is 1.67. The maximum atomic E-state index is 11.1. The van der Waals surface area contributed by atoms with Crippen molar-refractivity contribution < 1.29 is 9.90 Å². The highest BCUT2D eigenvalue weighted by molar-refractivity contribution is 7.17. The van der Waals surface area contributed by atoms with Gasteiger partial charge in [0, 0.05) is 11.3 Å². The molecule has 0 fully saturated rings. The Bertz CT molecular complexity index is 561. The quantitative estimate of drug-likeness (QED) is 0.830. The molecule has 4 nitrogen and oxygen atoms in total. The number of aromatic nitrogens is 1. The van der Waals surface area contributed by atoms with Crippen molar-refractivity contribution in [1.29, 1.82) is 0 Å². The van der Waals surface area contributed by atoms with Gasteiger partial charge in [0.05, 0.1) is 5.69 Å². The highest BCUT2D eigenvalue weighted by Crippen LogP contribution is 2.29. The summed E-state index contributed by atoms with van der Waals surface area (Å²) in [6, 6.07) is 7.29. The van der Waals surface area contributed by atoms with E-state index in [-0.39, 0.29) is 0 Å². The predicted molar refractivity (Wildman–Crippen MR) is 72.9 cm³/mol. The second kappa shape index (κ2) is 5.18. The maximum Gasteiger partial charge on any atom is 0.347 e. The number of hydrogen-bond donors (Lipinski definition) is 2. The van der Waals surface area contributed by atoms with Gasteiger partial charge in [-0.2, -0.15) is 0 Å². The van der Waals surface area contributed by atoms with Gasteiger partial charge in [-0.3, -0.25) is 0 Å². The molecule has 2 aromatic rings. The minimum Gasteiger partial charge on any atom is -0.477 e. The Labute approximate surface area is 109 Å². The molecule has 0 aliphatic heterocycles. The molecule has 0 radical (unpaired) electrons. The van der Waals surface area contributed by atoms with Crippen LogP contribution in [0.4, 0.5) is 5.69 Å². The molecular formula is C13H14N2O2S. The third-order valence-corrected chi connectivity index (χ3v) is 3.67. The molecule has 1 aromatic heterocycles. The molecule has 0 amide bonds. The fraction of sp³-hybridized carbons (Fsp3) is 0.231. The predicted octanol–water partition coefficient (Wildman–Crippen LogP) is 3.04. The fourth-order valence-corrected chi connectivity index (χ4v) is 2.63. The summed E-state index contributed by atoms with van der Waals surface area (Å²) >= 11 is 1.22. The number of rotatable bonds is 4. The maximum absolute atomic E-state index is 11.1. The zero-order valence-electron chi connectivity index (χ0n) is 10.0. The van der Waals surface area contributed by atoms with Gasteiger partial charge in [0.15, 0.2) is 0 Å². The van der Waals surface area contributed by atoms with Gasteiger partial charge < -0.3 is 10.8 Å². The summed E-state index contributed by atoms with van der Waals surface area (Å²) in [4.78, 5) is 15.9. The van der Waals surface area contributed by atoms with Crippen LogP contribution < -0.4 is 5.73 Å². The Balaban J connectivity index is 2.42. The molecule has 18 heavy (non-hydrogen) atoms. The van der Waals surface area contributed by atoms with E-state index in [0.29, 0.717) is 22.7 Å². The van der Waals surface area contributed by atoms with Crippen molar-refractivity contribution in [3.8, 4) is 10.6 Å². The van der Waals surface area contributed by atoms with E-state index in [1.54, 1.807) is 12.1 Å². The molecule has 0 saturated heterocycles.